The zero-order valence-electron chi connectivity index (χ0n) is 37.9. The Morgan fingerprint density at radius 1 is 0.583 bits per heavy atom. The molecule has 0 aromatic heterocycles. The molecule has 0 aromatic rings. The number of rotatable bonds is 39. The molecule has 1 aliphatic rings. The molecule has 0 aromatic carbocycles. The maximum Gasteiger partial charge on any atom is 0.220 e. The third kappa shape index (κ3) is 30.6. The molecular formula is C51H89NO8. The van der Waals surface area contributed by atoms with Gasteiger partial charge < -0.3 is 40.3 Å². The Balaban J connectivity index is 2.22. The van der Waals surface area contributed by atoms with Crippen molar-refractivity contribution in [3.05, 3.63) is 72.9 Å². The number of unbranched alkanes of at least 4 members (excludes halogenated alkanes) is 19. The summed E-state index contributed by atoms with van der Waals surface area (Å²) in [5.74, 6) is -0.199. The summed E-state index contributed by atoms with van der Waals surface area (Å²) < 4.78 is 11.2. The van der Waals surface area contributed by atoms with Crippen molar-refractivity contribution in [2.24, 2.45) is 0 Å². The molecule has 1 fully saturated rings. The van der Waals surface area contributed by atoms with E-state index in [0.29, 0.717) is 6.42 Å². The van der Waals surface area contributed by atoms with Gasteiger partial charge in [0, 0.05) is 6.42 Å². The third-order valence-corrected chi connectivity index (χ3v) is 11.0. The molecule has 60 heavy (non-hydrogen) atoms. The van der Waals surface area contributed by atoms with Crippen molar-refractivity contribution < 1.29 is 39.8 Å². The van der Waals surface area contributed by atoms with Gasteiger partial charge >= 0.3 is 0 Å². The number of nitrogens with one attached hydrogen (secondary N) is 1. The summed E-state index contributed by atoms with van der Waals surface area (Å²) in [5.41, 5.74) is 0. The van der Waals surface area contributed by atoms with Gasteiger partial charge in [-0.05, 0) is 77.0 Å². The van der Waals surface area contributed by atoms with Crippen LogP contribution in [0.25, 0.3) is 0 Å². The van der Waals surface area contributed by atoms with Gasteiger partial charge in [0.15, 0.2) is 6.29 Å². The number of aliphatic hydroxyl groups excluding tert-OH is 5. The first-order valence-electron chi connectivity index (χ1n) is 24.2. The highest BCUT2D eigenvalue weighted by Gasteiger charge is 2.44. The molecular weight excluding hydrogens is 755 g/mol. The maximum atomic E-state index is 12.9. The molecule has 0 bridgehead atoms. The summed E-state index contributed by atoms with van der Waals surface area (Å²) in [6, 6.07) is -0.830. The van der Waals surface area contributed by atoms with Crippen LogP contribution in [0.2, 0.25) is 0 Å². The van der Waals surface area contributed by atoms with Crippen LogP contribution in [0.3, 0.4) is 0 Å². The molecule has 1 saturated heterocycles. The van der Waals surface area contributed by atoms with Gasteiger partial charge in [-0.2, -0.15) is 0 Å². The predicted molar refractivity (Wildman–Crippen MR) is 249 cm³/mol. The van der Waals surface area contributed by atoms with E-state index in [2.05, 4.69) is 79.9 Å². The Labute approximate surface area is 366 Å². The quantitative estimate of drug-likeness (QED) is 0.0265. The summed E-state index contributed by atoms with van der Waals surface area (Å²) in [4.78, 5) is 12.9. The van der Waals surface area contributed by atoms with Gasteiger partial charge in [-0.25, -0.2) is 0 Å². The van der Waals surface area contributed by atoms with Crippen LogP contribution in [0.15, 0.2) is 72.9 Å². The van der Waals surface area contributed by atoms with E-state index in [1.807, 2.05) is 6.08 Å². The van der Waals surface area contributed by atoms with Crippen molar-refractivity contribution in [3.63, 3.8) is 0 Å². The molecule has 9 heteroatoms. The van der Waals surface area contributed by atoms with Crippen molar-refractivity contribution >= 4 is 5.91 Å². The second-order valence-electron chi connectivity index (χ2n) is 16.5. The molecule has 7 unspecified atom stereocenters. The molecule has 6 N–H and O–H groups in total. The Hall–Kier alpha value is -2.37. The lowest BCUT2D eigenvalue weighted by Crippen LogP contribution is -2.60. The standard InChI is InChI=1S/C51H89NO8/c1-3-5-7-9-11-13-15-16-17-18-19-20-21-22-23-24-25-26-27-28-29-30-31-33-35-37-39-41-47(55)52-44(43-59-51-50(58)49(57)48(56)46(42-53)60-51)45(54)40-38-36-34-32-14-12-10-8-6-4-2/h6,8,14-16,18-19,21-22,32,38,40,44-46,48-51,53-54,56-58H,3-5,7,9-13,17,20,23-31,33-37,39,41-43H2,1-2H3,(H,52,55)/b8-6+,16-15-,19-18-,22-21-,32-14+,40-38+. The summed E-state index contributed by atoms with van der Waals surface area (Å²) in [5, 5.41) is 54.0. The Morgan fingerprint density at radius 3 is 1.58 bits per heavy atom. The first kappa shape index (κ1) is 55.6. The summed E-state index contributed by atoms with van der Waals surface area (Å²) in [6.07, 6.45) is 48.3. The highest BCUT2D eigenvalue weighted by atomic mass is 16.7. The van der Waals surface area contributed by atoms with E-state index in [-0.39, 0.29) is 12.5 Å². The number of aliphatic hydroxyl groups is 5. The number of ether oxygens (including phenoxy) is 2. The molecule has 0 saturated carbocycles. The van der Waals surface area contributed by atoms with Gasteiger partial charge in [0.05, 0.1) is 25.4 Å². The van der Waals surface area contributed by atoms with Crippen LogP contribution in [0, 0.1) is 0 Å². The Morgan fingerprint density at radius 2 is 1.05 bits per heavy atom. The highest BCUT2D eigenvalue weighted by Crippen LogP contribution is 2.22. The van der Waals surface area contributed by atoms with E-state index in [1.54, 1.807) is 6.08 Å². The largest absolute Gasteiger partial charge is 0.394 e. The van der Waals surface area contributed by atoms with E-state index in [0.717, 1.165) is 64.2 Å². The van der Waals surface area contributed by atoms with Gasteiger partial charge in [-0.15, -0.1) is 0 Å². The molecule has 9 nitrogen and oxygen atoms in total. The van der Waals surface area contributed by atoms with Crippen molar-refractivity contribution in [1.29, 1.82) is 0 Å². The first-order chi connectivity index (χ1) is 29.3. The van der Waals surface area contributed by atoms with E-state index < -0.39 is 49.5 Å². The zero-order valence-corrected chi connectivity index (χ0v) is 37.9. The second kappa shape index (κ2) is 40.7. The molecule has 7 atom stereocenters. The number of carbonyl (C=O) groups excluding carboxylic acids is 1. The number of amides is 1. The topological polar surface area (TPSA) is 149 Å². The van der Waals surface area contributed by atoms with Gasteiger partial charge in [0.25, 0.3) is 0 Å². The smallest absolute Gasteiger partial charge is 0.220 e. The molecule has 1 heterocycles. The molecule has 346 valence electrons. The van der Waals surface area contributed by atoms with E-state index >= 15 is 0 Å². The minimum absolute atomic E-state index is 0.199. The van der Waals surface area contributed by atoms with Crippen LogP contribution in [-0.4, -0.2) is 87.5 Å². The second-order valence-corrected chi connectivity index (χ2v) is 16.5. The molecule has 1 amide bonds. The first-order valence-corrected chi connectivity index (χ1v) is 24.2. The Kier molecular flexibility index (Phi) is 37.7. The Bertz CT molecular complexity index is 1160. The van der Waals surface area contributed by atoms with Gasteiger partial charge in [-0.1, -0.05) is 177 Å². The number of hydrogen-bond acceptors (Lipinski definition) is 8. The van der Waals surface area contributed by atoms with Crippen LogP contribution in [0.4, 0.5) is 0 Å². The zero-order chi connectivity index (χ0) is 43.7. The summed E-state index contributed by atoms with van der Waals surface area (Å²) in [7, 11) is 0. The maximum absolute atomic E-state index is 12.9. The predicted octanol–water partition coefficient (Wildman–Crippen LogP) is 10.6. The third-order valence-electron chi connectivity index (χ3n) is 11.0. The van der Waals surface area contributed by atoms with Gasteiger partial charge in [0.1, 0.15) is 24.4 Å². The average Bonchev–Trinajstić information content (AvgIpc) is 3.25. The van der Waals surface area contributed by atoms with Crippen molar-refractivity contribution in [1.82, 2.24) is 5.32 Å². The van der Waals surface area contributed by atoms with E-state index in [1.165, 1.54) is 103 Å². The fraction of sp³-hybridized carbons (Fsp3) is 0.745. The number of carbonyl (C=O) groups is 1. The van der Waals surface area contributed by atoms with Crippen molar-refractivity contribution in [2.45, 2.75) is 230 Å². The van der Waals surface area contributed by atoms with Crippen molar-refractivity contribution in [2.75, 3.05) is 13.2 Å². The summed E-state index contributed by atoms with van der Waals surface area (Å²) in [6.45, 7) is 3.60. The molecule has 0 spiro atoms. The van der Waals surface area contributed by atoms with Crippen molar-refractivity contribution in [3.8, 4) is 0 Å². The van der Waals surface area contributed by atoms with Crippen LogP contribution in [0.1, 0.15) is 187 Å². The minimum atomic E-state index is -1.58. The fourth-order valence-corrected chi connectivity index (χ4v) is 7.14. The lowest BCUT2D eigenvalue weighted by Gasteiger charge is -2.40. The molecule has 0 aliphatic carbocycles. The SMILES string of the molecule is CC/C=C/CC/C=C/CC/C=C/C(O)C(COC1OC(CO)C(O)C(O)C1O)NC(=O)CCCCCCCCCCCCCC/C=C\C/C=C\C/C=C\CCCCCCC. The number of hydrogen-bond donors (Lipinski definition) is 6. The van der Waals surface area contributed by atoms with Crippen LogP contribution >= 0.6 is 0 Å². The highest BCUT2D eigenvalue weighted by molar-refractivity contribution is 5.76. The molecule has 1 rings (SSSR count). The van der Waals surface area contributed by atoms with Gasteiger partial charge in [-0.3, -0.25) is 4.79 Å². The minimum Gasteiger partial charge on any atom is -0.394 e. The van der Waals surface area contributed by atoms with Gasteiger partial charge in [0.2, 0.25) is 5.91 Å². The normalized spacial score (nSPS) is 21.2. The monoisotopic (exact) mass is 844 g/mol. The summed E-state index contributed by atoms with van der Waals surface area (Å²) >= 11 is 0. The molecule has 0 radical (unpaired) electrons. The lowest BCUT2D eigenvalue weighted by molar-refractivity contribution is -0.302. The molecule has 1 aliphatic heterocycles. The average molecular weight is 844 g/mol. The number of allylic oxidation sites excluding steroid dienone is 11. The lowest BCUT2D eigenvalue weighted by atomic mass is 9.99. The fourth-order valence-electron chi connectivity index (χ4n) is 7.14. The van der Waals surface area contributed by atoms with E-state index in [9.17, 15) is 30.3 Å². The van der Waals surface area contributed by atoms with E-state index in [4.69, 9.17) is 9.47 Å². The van der Waals surface area contributed by atoms with Crippen LogP contribution in [0.5, 0.6) is 0 Å². The van der Waals surface area contributed by atoms with Crippen LogP contribution in [-0.2, 0) is 14.3 Å². The van der Waals surface area contributed by atoms with Crippen LogP contribution < -0.4 is 5.32 Å².